The fraction of sp³-hybridized carbons (Fsp3) is 0.900. The molecule has 0 radical (unpaired) electrons. The van der Waals surface area contributed by atoms with Gasteiger partial charge in [-0.1, -0.05) is 40.5 Å². The number of rotatable bonds is 14. The number of hydrogen-bond donors (Lipinski definition) is 6. The van der Waals surface area contributed by atoms with Crippen molar-refractivity contribution in [2.24, 2.45) is 11.8 Å². The predicted octanol–water partition coefficient (Wildman–Crippen LogP) is 0.315. The molecule has 0 aliphatic heterocycles. The van der Waals surface area contributed by atoms with Crippen molar-refractivity contribution in [3.8, 4) is 0 Å². The van der Waals surface area contributed by atoms with Gasteiger partial charge in [-0.3, -0.25) is 9.59 Å². The Hall–Kier alpha value is -1.22. The monoisotopic (exact) mass is 404 g/mol. The summed E-state index contributed by atoms with van der Waals surface area (Å²) in [6.07, 6.45) is 1.86. The lowest BCUT2D eigenvalue weighted by molar-refractivity contribution is -0.135. The van der Waals surface area contributed by atoms with Crippen LogP contribution in [0.4, 0.5) is 0 Å². The summed E-state index contributed by atoms with van der Waals surface area (Å²) in [5.41, 5.74) is -1.79. The van der Waals surface area contributed by atoms with Crippen LogP contribution in [0.15, 0.2) is 0 Å². The zero-order valence-corrected chi connectivity index (χ0v) is 17.9. The SMILES string of the molecule is CC(C)CCCCC(=O)N[C@@H](CO)C(=O)N[C@@H](CC(C)C)[C@@H](O)[C@@](C)(O)CO. The minimum absolute atomic E-state index is 0.0950. The van der Waals surface area contributed by atoms with Gasteiger partial charge in [-0.05, 0) is 31.6 Å². The number of carbonyl (C=O) groups is 2. The van der Waals surface area contributed by atoms with Gasteiger partial charge in [0.05, 0.1) is 19.3 Å². The van der Waals surface area contributed by atoms with E-state index in [1.807, 2.05) is 13.8 Å². The van der Waals surface area contributed by atoms with Crippen molar-refractivity contribution in [3.05, 3.63) is 0 Å². The third kappa shape index (κ3) is 10.4. The number of aliphatic hydroxyl groups is 4. The number of hydrogen-bond acceptors (Lipinski definition) is 6. The van der Waals surface area contributed by atoms with E-state index in [1.54, 1.807) is 0 Å². The van der Waals surface area contributed by atoms with Crippen LogP contribution in [0.1, 0.15) is 66.7 Å². The minimum atomic E-state index is -1.79. The van der Waals surface area contributed by atoms with Crippen LogP contribution in [0.3, 0.4) is 0 Å². The third-order valence-electron chi connectivity index (χ3n) is 4.66. The molecule has 0 rings (SSSR count). The lowest BCUT2D eigenvalue weighted by Crippen LogP contribution is -2.59. The molecule has 0 fully saturated rings. The van der Waals surface area contributed by atoms with Gasteiger partial charge < -0.3 is 31.1 Å². The molecule has 6 N–H and O–H groups in total. The van der Waals surface area contributed by atoms with Gasteiger partial charge in [-0.15, -0.1) is 0 Å². The van der Waals surface area contributed by atoms with Crippen LogP contribution in [0, 0.1) is 11.8 Å². The normalized spacial score (nSPS) is 17.1. The maximum absolute atomic E-state index is 12.5. The molecule has 0 unspecified atom stereocenters. The molecule has 8 nitrogen and oxygen atoms in total. The molecule has 0 saturated carbocycles. The second-order valence-electron chi connectivity index (χ2n) is 8.65. The maximum atomic E-state index is 12.5. The first-order valence-corrected chi connectivity index (χ1v) is 10.2. The molecule has 0 aromatic carbocycles. The number of nitrogens with one attached hydrogen (secondary N) is 2. The van der Waals surface area contributed by atoms with E-state index in [1.165, 1.54) is 6.92 Å². The Kier molecular flexibility index (Phi) is 12.5. The van der Waals surface area contributed by atoms with Crippen LogP contribution in [0.5, 0.6) is 0 Å². The van der Waals surface area contributed by atoms with Crippen molar-refractivity contribution in [2.45, 2.75) is 90.5 Å². The quantitative estimate of drug-likeness (QED) is 0.230. The molecular weight excluding hydrogens is 364 g/mol. The van der Waals surface area contributed by atoms with E-state index >= 15 is 0 Å². The van der Waals surface area contributed by atoms with Crippen molar-refractivity contribution < 1.29 is 30.0 Å². The number of aliphatic hydroxyl groups excluding tert-OH is 3. The van der Waals surface area contributed by atoms with Gasteiger partial charge in [0.1, 0.15) is 17.7 Å². The molecule has 0 spiro atoms. The Morgan fingerprint density at radius 2 is 1.61 bits per heavy atom. The van der Waals surface area contributed by atoms with Crippen LogP contribution in [0.2, 0.25) is 0 Å². The van der Waals surface area contributed by atoms with Crippen molar-refractivity contribution in [2.75, 3.05) is 13.2 Å². The van der Waals surface area contributed by atoms with E-state index in [0.29, 0.717) is 18.8 Å². The van der Waals surface area contributed by atoms with Gasteiger partial charge in [0.15, 0.2) is 0 Å². The molecule has 0 bridgehead atoms. The highest BCUT2D eigenvalue weighted by Crippen LogP contribution is 2.18. The van der Waals surface area contributed by atoms with Crippen molar-refractivity contribution >= 4 is 11.8 Å². The standard InChI is InChI=1S/C20H40N2O6/c1-13(2)8-6-7-9-17(25)21-16(11-23)19(27)22-15(10-14(3)4)18(26)20(5,28)12-24/h13-16,18,23-24,26,28H,6-12H2,1-5H3,(H,21,25)(H,22,27)/t15-,16-,18+,20-/m0/s1. The lowest BCUT2D eigenvalue weighted by Gasteiger charge is -2.35. The van der Waals surface area contributed by atoms with Crippen molar-refractivity contribution in [3.63, 3.8) is 0 Å². The van der Waals surface area contributed by atoms with Crippen LogP contribution in [-0.2, 0) is 9.59 Å². The van der Waals surface area contributed by atoms with Crippen LogP contribution >= 0.6 is 0 Å². The van der Waals surface area contributed by atoms with Gasteiger partial charge in [0.2, 0.25) is 11.8 Å². The summed E-state index contributed by atoms with van der Waals surface area (Å²) in [6, 6.07) is -1.98. The number of unbranched alkanes of at least 4 members (excludes halogenated alkanes) is 1. The zero-order valence-electron chi connectivity index (χ0n) is 17.9. The second-order valence-corrected chi connectivity index (χ2v) is 8.65. The number of carbonyl (C=O) groups excluding carboxylic acids is 2. The van der Waals surface area contributed by atoms with Gasteiger partial charge in [0, 0.05) is 6.42 Å². The van der Waals surface area contributed by atoms with Gasteiger partial charge >= 0.3 is 0 Å². The van der Waals surface area contributed by atoms with Crippen molar-refractivity contribution in [1.82, 2.24) is 10.6 Å². The molecule has 166 valence electrons. The summed E-state index contributed by atoms with van der Waals surface area (Å²) < 4.78 is 0. The summed E-state index contributed by atoms with van der Waals surface area (Å²) in [7, 11) is 0. The Bertz CT molecular complexity index is 468. The molecule has 0 heterocycles. The van der Waals surface area contributed by atoms with E-state index in [-0.39, 0.29) is 18.2 Å². The fourth-order valence-corrected chi connectivity index (χ4v) is 2.88. The zero-order chi connectivity index (χ0) is 21.9. The van der Waals surface area contributed by atoms with E-state index in [4.69, 9.17) is 0 Å². The average Bonchev–Trinajstić information content (AvgIpc) is 2.61. The van der Waals surface area contributed by atoms with E-state index in [0.717, 1.165) is 12.8 Å². The Labute approximate surface area is 168 Å². The molecule has 0 saturated heterocycles. The summed E-state index contributed by atoms with van der Waals surface area (Å²) in [5, 5.41) is 44.4. The van der Waals surface area contributed by atoms with E-state index in [2.05, 4.69) is 24.5 Å². The van der Waals surface area contributed by atoms with E-state index in [9.17, 15) is 30.0 Å². The Morgan fingerprint density at radius 1 is 1.00 bits per heavy atom. The van der Waals surface area contributed by atoms with Crippen LogP contribution < -0.4 is 10.6 Å². The second kappa shape index (κ2) is 13.1. The fourth-order valence-electron chi connectivity index (χ4n) is 2.88. The topological polar surface area (TPSA) is 139 Å². The Morgan fingerprint density at radius 3 is 2.07 bits per heavy atom. The van der Waals surface area contributed by atoms with Crippen LogP contribution in [-0.4, -0.2) is 69.2 Å². The largest absolute Gasteiger partial charge is 0.394 e. The molecule has 4 atom stereocenters. The highest BCUT2D eigenvalue weighted by Gasteiger charge is 2.37. The third-order valence-corrected chi connectivity index (χ3v) is 4.66. The van der Waals surface area contributed by atoms with Crippen LogP contribution in [0.25, 0.3) is 0 Å². The molecule has 0 aliphatic carbocycles. The predicted molar refractivity (Wildman–Crippen MR) is 107 cm³/mol. The average molecular weight is 405 g/mol. The molecule has 0 aromatic heterocycles. The maximum Gasteiger partial charge on any atom is 0.245 e. The first kappa shape index (κ1) is 26.8. The molecule has 0 aliphatic rings. The first-order valence-electron chi connectivity index (χ1n) is 10.2. The van der Waals surface area contributed by atoms with E-state index < -0.39 is 42.9 Å². The lowest BCUT2D eigenvalue weighted by atomic mass is 9.88. The molecule has 28 heavy (non-hydrogen) atoms. The molecular formula is C20H40N2O6. The smallest absolute Gasteiger partial charge is 0.245 e. The highest BCUT2D eigenvalue weighted by molar-refractivity contribution is 5.87. The minimum Gasteiger partial charge on any atom is -0.394 e. The van der Waals surface area contributed by atoms with Gasteiger partial charge in [0.25, 0.3) is 0 Å². The molecule has 2 amide bonds. The highest BCUT2D eigenvalue weighted by atomic mass is 16.4. The summed E-state index contributed by atoms with van der Waals surface area (Å²) in [6.45, 7) is 8.04. The Balaban J connectivity index is 4.84. The number of amides is 2. The molecule has 0 aromatic rings. The first-order chi connectivity index (χ1) is 12.9. The summed E-state index contributed by atoms with van der Waals surface area (Å²) in [4.78, 5) is 24.5. The van der Waals surface area contributed by atoms with Crippen molar-refractivity contribution in [1.29, 1.82) is 0 Å². The summed E-state index contributed by atoms with van der Waals surface area (Å²) in [5.74, 6) is -0.296. The molecule has 8 heteroatoms. The summed E-state index contributed by atoms with van der Waals surface area (Å²) >= 11 is 0. The van der Waals surface area contributed by atoms with Gasteiger partial charge in [-0.2, -0.15) is 0 Å². The van der Waals surface area contributed by atoms with Gasteiger partial charge in [-0.25, -0.2) is 0 Å².